The van der Waals surface area contributed by atoms with Crippen molar-refractivity contribution in [3.05, 3.63) is 35.9 Å². The van der Waals surface area contributed by atoms with Gasteiger partial charge in [0.1, 0.15) is 5.60 Å². The van der Waals surface area contributed by atoms with Gasteiger partial charge in [-0.2, -0.15) is 0 Å². The molecule has 0 spiro atoms. The van der Waals surface area contributed by atoms with Crippen LogP contribution in [-0.4, -0.2) is 42.3 Å². The molecule has 0 aliphatic carbocycles. The Balaban J connectivity index is 1.72. The SMILES string of the molecule is C[C@H](CNC1CCN(C(=O)OC(C)(C)C)CC1)c1ccccc1. The predicted octanol–water partition coefficient (Wildman–Crippen LogP) is 3.78. The number of piperidine rings is 1. The van der Waals surface area contributed by atoms with Crippen LogP contribution < -0.4 is 5.32 Å². The number of hydrogen-bond donors (Lipinski definition) is 1. The molecule has 2 rings (SSSR count). The van der Waals surface area contributed by atoms with Gasteiger partial charge in [0.15, 0.2) is 0 Å². The maximum Gasteiger partial charge on any atom is 0.410 e. The largest absolute Gasteiger partial charge is 0.444 e. The molecule has 1 aliphatic heterocycles. The van der Waals surface area contributed by atoms with Crippen LogP contribution in [0.3, 0.4) is 0 Å². The molecule has 1 aliphatic rings. The van der Waals surface area contributed by atoms with Crippen LogP contribution in [0.1, 0.15) is 52.0 Å². The Kier molecular flexibility index (Phi) is 6.05. The first kappa shape index (κ1) is 17.8. The highest BCUT2D eigenvalue weighted by molar-refractivity contribution is 5.68. The van der Waals surface area contributed by atoms with Gasteiger partial charge in [0.05, 0.1) is 0 Å². The van der Waals surface area contributed by atoms with Crippen molar-refractivity contribution in [3.8, 4) is 0 Å². The molecule has 1 atom stereocenters. The van der Waals surface area contributed by atoms with Crippen LogP contribution in [0.25, 0.3) is 0 Å². The lowest BCUT2D eigenvalue weighted by Gasteiger charge is -2.34. The van der Waals surface area contributed by atoms with Crippen molar-refractivity contribution in [2.45, 2.75) is 58.1 Å². The molecule has 1 aromatic rings. The van der Waals surface area contributed by atoms with Crippen LogP contribution in [0.5, 0.6) is 0 Å². The van der Waals surface area contributed by atoms with Gasteiger partial charge in [-0.25, -0.2) is 4.79 Å². The third-order valence-corrected chi connectivity index (χ3v) is 4.23. The van der Waals surface area contributed by atoms with E-state index < -0.39 is 5.60 Å². The van der Waals surface area contributed by atoms with Crippen molar-refractivity contribution >= 4 is 6.09 Å². The average Bonchev–Trinajstić information content (AvgIpc) is 2.52. The third-order valence-electron chi connectivity index (χ3n) is 4.23. The number of carbonyl (C=O) groups excluding carboxylic acids is 1. The van der Waals surface area contributed by atoms with Crippen LogP contribution in [0.15, 0.2) is 30.3 Å². The van der Waals surface area contributed by atoms with Crippen molar-refractivity contribution in [1.29, 1.82) is 0 Å². The summed E-state index contributed by atoms with van der Waals surface area (Å²) in [6.45, 7) is 10.5. The third kappa shape index (κ3) is 5.87. The highest BCUT2D eigenvalue weighted by atomic mass is 16.6. The smallest absolute Gasteiger partial charge is 0.410 e. The monoisotopic (exact) mass is 318 g/mol. The topological polar surface area (TPSA) is 41.6 Å². The van der Waals surface area contributed by atoms with Crippen LogP contribution in [0.2, 0.25) is 0 Å². The van der Waals surface area contributed by atoms with Gasteiger partial charge in [0.2, 0.25) is 0 Å². The molecular formula is C19H30N2O2. The molecule has 1 fully saturated rings. The number of carbonyl (C=O) groups is 1. The van der Waals surface area contributed by atoms with Gasteiger partial charge in [0.25, 0.3) is 0 Å². The second-order valence-corrected chi connectivity index (χ2v) is 7.46. The second kappa shape index (κ2) is 7.82. The van der Waals surface area contributed by atoms with E-state index in [1.54, 1.807) is 0 Å². The van der Waals surface area contributed by atoms with E-state index in [-0.39, 0.29) is 6.09 Å². The quantitative estimate of drug-likeness (QED) is 0.918. The second-order valence-electron chi connectivity index (χ2n) is 7.46. The average molecular weight is 318 g/mol. The fourth-order valence-electron chi connectivity index (χ4n) is 2.84. The first-order valence-corrected chi connectivity index (χ1v) is 8.61. The van der Waals surface area contributed by atoms with E-state index in [9.17, 15) is 4.79 Å². The van der Waals surface area contributed by atoms with Crippen molar-refractivity contribution in [2.75, 3.05) is 19.6 Å². The Morgan fingerprint density at radius 2 is 1.87 bits per heavy atom. The van der Waals surface area contributed by atoms with E-state index in [1.165, 1.54) is 5.56 Å². The van der Waals surface area contributed by atoms with Gasteiger partial charge in [0, 0.05) is 25.7 Å². The van der Waals surface area contributed by atoms with Crippen LogP contribution in [0.4, 0.5) is 4.79 Å². The Hall–Kier alpha value is -1.55. The van der Waals surface area contributed by atoms with E-state index >= 15 is 0 Å². The predicted molar refractivity (Wildman–Crippen MR) is 93.7 cm³/mol. The lowest BCUT2D eigenvalue weighted by Crippen LogP contribution is -2.47. The molecular weight excluding hydrogens is 288 g/mol. The maximum absolute atomic E-state index is 12.1. The minimum absolute atomic E-state index is 0.186. The summed E-state index contributed by atoms with van der Waals surface area (Å²) in [5.41, 5.74) is 0.947. The minimum atomic E-state index is -0.419. The highest BCUT2D eigenvalue weighted by Gasteiger charge is 2.26. The lowest BCUT2D eigenvalue weighted by atomic mass is 9.99. The molecule has 1 saturated heterocycles. The van der Waals surface area contributed by atoms with Gasteiger partial charge < -0.3 is 15.0 Å². The number of nitrogens with zero attached hydrogens (tertiary/aromatic N) is 1. The zero-order chi connectivity index (χ0) is 16.9. The van der Waals surface area contributed by atoms with Crippen LogP contribution >= 0.6 is 0 Å². The highest BCUT2D eigenvalue weighted by Crippen LogP contribution is 2.17. The van der Waals surface area contributed by atoms with Gasteiger partial charge in [-0.05, 0) is 45.1 Å². The van der Waals surface area contributed by atoms with E-state index in [2.05, 4.69) is 42.6 Å². The molecule has 23 heavy (non-hydrogen) atoms. The summed E-state index contributed by atoms with van der Waals surface area (Å²) < 4.78 is 5.44. The minimum Gasteiger partial charge on any atom is -0.444 e. The molecule has 1 amide bonds. The summed E-state index contributed by atoms with van der Waals surface area (Å²) in [5.74, 6) is 0.500. The van der Waals surface area contributed by atoms with Crippen LogP contribution in [0, 0.1) is 0 Å². The van der Waals surface area contributed by atoms with E-state index in [1.807, 2.05) is 25.7 Å². The number of hydrogen-bond acceptors (Lipinski definition) is 3. The number of likely N-dealkylation sites (tertiary alicyclic amines) is 1. The zero-order valence-corrected chi connectivity index (χ0v) is 14.8. The zero-order valence-electron chi connectivity index (χ0n) is 14.8. The Morgan fingerprint density at radius 3 is 2.43 bits per heavy atom. The summed E-state index contributed by atoms with van der Waals surface area (Å²) in [7, 11) is 0. The van der Waals surface area contributed by atoms with Crippen molar-refractivity contribution in [3.63, 3.8) is 0 Å². The molecule has 0 bridgehead atoms. The molecule has 0 unspecified atom stereocenters. The summed E-state index contributed by atoms with van der Waals surface area (Å²) in [4.78, 5) is 13.9. The molecule has 0 aromatic heterocycles. The van der Waals surface area contributed by atoms with E-state index in [4.69, 9.17) is 4.74 Å². The normalized spacial score (nSPS) is 17.8. The number of ether oxygens (including phenoxy) is 1. The van der Waals surface area contributed by atoms with Gasteiger partial charge in [-0.1, -0.05) is 37.3 Å². The van der Waals surface area contributed by atoms with Crippen molar-refractivity contribution < 1.29 is 9.53 Å². The van der Waals surface area contributed by atoms with Gasteiger partial charge >= 0.3 is 6.09 Å². The molecule has 128 valence electrons. The number of nitrogens with one attached hydrogen (secondary N) is 1. The summed E-state index contributed by atoms with van der Waals surface area (Å²) in [5, 5.41) is 3.65. The summed E-state index contributed by atoms with van der Waals surface area (Å²) >= 11 is 0. The van der Waals surface area contributed by atoms with Crippen molar-refractivity contribution in [2.24, 2.45) is 0 Å². The maximum atomic E-state index is 12.1. The first-order chi connectivity index (χ1) is 10.8. The molecule has 1 aromatic carbocycles. The van der Waals surface area contributed by atoms with Gasteiger partial charge in [-0.15, -0.1) is 0 Å². The van der Waals surface area contributed by atoms with E-state index in [0.29, 0.717) is 12.0 Å². The Bertz CT molecular complexity index is 488. The summed E-state index contributed by atoms with van der Waals surface area (Å²) in [6.07, 6.45) is 1.79. The standard InChI is InChI=1S/C19H30N2O2/c1-15(16-8-6-5-7-9-16)14-20-17-10-12-21(13-11-17)18(22)23-19(2,3)4/h5-9,15,17,20H,10-14H2,1-4H3/t15-/m1/s1. The fraction of sp³-hybridized carbons (Fsp3) is 0.632. The van der Waals surface area contributed by atoms with Crippen LogP contribution in [-0.2, 0) is 4.74 Å². The number of benzene rings is 1. The Labute approximate surface area is 140 Å². The van der Waals surface area contributed by atoms with Crippen molar-refractivity contribution in [1.82, 2.24) is 10.2 Å². The molecule has 0 saturated carbocycles. The summed E-state index contributed by atoms with van der Waals surface area (Å²) in [6, 6.07) is 11.1. The first-order valence-electron chi connectivity index (χ1n) is 8.61. The molecule has 4 nitrogen and oxygen atoms in total. The molecule has 1 heterocycles. The number of rotatable bonds is 4. The fourth-order valence-corrected chi connectivity index (χ4v) is 2.84. The number of amides is 1. The molecule has 4 heteroatoms. The van der Waals surface area contributed by atoms with E-state index in [0.717, 1.165) is 32.5 Å². The molecule has 0 radical (unpaired) electrons. The van der Waals surface area contributed by atoms with Gasteiger partial charge in [-0.3, -0.25) is 0 Å². The molecule has 1 N–H and O–H groups in total. The Morgan fingerprint density at radius 1 is 1.26 bits per heavy atom. The lowest BCUT2D eigenvalue weighted by molar-refractivity contribution is 0.0198.